The van der Waals surface area contributed by atoms with Gasteiger partial charge in [-0.05, 0) is 42.7 Å². The second-order valence-corrected chi connectivity index (χ2v) is 7.73. The first-order chi connectivity index (χ1) is 14.5. The molecular formula is C22H26N6O2. The maximum atomic E-state index is 12.1. The normalized spacial score (nSPS) is 11.5. The van der Waals surface area contributed by atoms with Gasteiger partial charge >= 0.3 is 0 Å². The van der Waals surface area contributed by atoms with Crippen molar-refractivity contribution in [2.75, 3.05) is 13.7 Å². The number of aromatic nitrogens is 5. The highest BCUT2D eigenvalue weighted by Crippen LogP contribution is 2.24. The molecule has 156 valence electrons. The zero-order chi connectivity index (χ0) is 21.1. The number of hydrogen-bond donors (Lipinski definition) is 1. The Morgan fingerprint density at radius 3 is 2.70 bits per heavy atom. The van der Waals surface area contributed by atoms with Crippen molar-refractivity contribution < 1.29 is 9.53 Å². The van der Waals surface area contributed by atoms with Gasteiger partial charge < -0.3 is 10.1 Å². The molecule has 0 saturated heterocycles. The van der Waals surface area contributed by atoms with E-state index in [9.17, 15) is 4.79 Å². The number of benzene rings is 1. The minimum absolute atomic E-state index is 0.0413. The summed E-state index contributed by atoms with van der Waals surface area (Å²) in [6.07, 6.45) is 5.67. The van der Waals surface area contributed by atoms with Crippen LogP contribution in [0.15, 0.2) is 42.7 Å². The predicted octanol–water partition coefficient (Wildman–Crippen LogP) is 3.15. The van der Waals surface area contributed by atoms with E-state index in [4.69, 9.17) is 4.74 Å². The molecule has 4 aromatic rings. The van der Waals surface area contributed by atoms with Crippen molar-refractivity contribution in [3.63, 3.8) is 0 Å². The van der Waals surface area contributed by atoms with Crippen LogP contribution in [-0.4, -0.2) is 43.8 Å². The van der Waals surface area contributed by atoms with E-state index in [-0.39, 0.29) is 5.91 Å². The van der Waals surface area contributed by atoms with Crippen molar-refractivity contribution in [1.82, 2.24) is 29.5 Å². The second-order valence-electron chi connectivity index (χ2n) is 7.73. The Morgan fingerprint density at radius 2 is 1.97 bits per heavy atom. The molecule has 0 saturated carbocycles. The van der Waals surface area contributed by atoms with Crippen molar-refractivity contribution in [1.29, 1.82) is 0 Å². The molecule has 0 fully saturated rings. The van der Waals surface area contributed by atoms with Crippen LogP contribution in [0.3, 0.4) is 0 Å². The topological polar surface area (TPSA) is 85.8 Å². The predicted molar refractivity (Wildman–Crippen MR) is 115 cm³/mol. The van der Waals surface area contributed by atoms with E-state index < -0.39 is 0 Å². The van der Waals surface area contributed by atoms with Gasteiger partial charge in [0.15, 0.2) is 5.65 Å². The van der Waals surface area contributed by atoms with Crippen molar-refractivity contribution in [2.45, 2.75) is 33.1 Å². The molecule has 0 radical (unpaired) electrons. The van der Waals surface area contributed by atoms with E-state index >= 15 is 0 Å². The molecule has 8 nitrogen and oxygen atoms in total. The molecule has 3 heterocycles. The zero-order valence-electron chi connectivity index (χ0n) is 17.5. The van der Waals surface area contributed by atoms with Crippen LogP contribution in [0, 0.1) is 5.92 Å². The largest absolute Gasteiger partial charge is 0.497 e. The van der Waals surface area contributed by atoms with Gasteiger partial charge in [0.05, 0.1) is 12.8 Å². The number of carbonyl (C=O) groups is 1. The number of amides is 1. The van der Waals surface area contributed by atoms with Gasteiger partial charge in [0, 0.05) is 37.3 Å². The smallest absolute Gasteiger partial charge is 0.220 e. The average Bonchev–Trinajstić information content (AvgIpc) is 3.36. The van der Waals surface area contributed by atoms with Gasteiger partial charge in [0.25, 0.3) is 0 Å². The number of nitrogens with zero attached hydrogens (tertiary/aromatic N) is 5. The van der Waals surface area contributed by atoms with Crippen LogP contribution in [-0.2, 0) is 11.2 Å². The van der Waals surface area contributed by atoms with E-state index in [0.717, 1.165) is 40.4 Å². The molecule has 0 bridgehead atoms. The Kier molecular flexibility index (Phi) is 5.65. The lowest BCUT2D eigenvalue weighted by molar-refractivity contribution is -0.121. The molecular weight excluding hydrogens is 380 g/mol. The van der Waals surface area contributed by atoms with Gasteiger partial charge in [-0.1, -0.05) is 13.8 Å². The number of carbonyl (C=O) groups excluding carboxylic acids is 1. The number of rotatable bonds is 8. The van der Waals surface area contributed by atoms with Gasteiger partial charge in [0.1, 0.15) is 17.1 Å². The highest BCUT2D eigenvalue weighted by atomic mass is 16.5. The van der Waals surface area contributed by atoms with E-state index in [1.54, 1.807) is 11.6 Å². The van der Waals surface area contributed by atoms with Gasteiger partial charge in [-0.3, -0.25) is 9.20 Å². The number of fused-ring (bicyclic) bond motifs is 3. The maximum Gasteiger partial charge on any atom is 0.220 e. The summed E-state index contributed by atoms with van der Waals surface area (Å²) in [5, 5.41) is 16.3. The monoisotopic (exact) mass is 406 g/mol. The van der Waals surface area contributed by atoms with Gasteiger partial charge in [0.2, 0.25) is 5.91 Å². The third kappa shape index (κ3) is 4.12. The highest BCUT2D eigenvalue weighted by molar-refractivity contribution is 5.77. The van der Waals surface area contributed by atoms with Crippen molar-refractivity contribution in [2.24, 2.45) is 5.92 Å². The number of hydrogen-bond acceptors (Lipinski definition) is 5. The van der Waals surface area contributed by atoms with Crippen LogP contribution in [0.5, 0.6) is 5.75 Å². The summed E-state index contributed by atoms with van der Waals surface area (Å²) in [5.74, 6) is 2.19. The molecule has 0 aliphatic rings. The lowest BCUT2D eigenvalue weighted by atomic mass is 10.1. The van der Waals surface area contributed by atoms with E-state index in [2.05, 4.69) is 34.5 Å². The summed E-state index contributed by atoms with van der Waals surface area (Å²) in [6, 6.07) is 9.77. The Hall–Kier alpha value is -3.42. The van der Waals surface area contributed by atoms with Gasteiger partial charge in [-0.25, -0.2) is 4.52 Å². The molecule has 1 aromatic carbocycles. The standard InChI is InChI=1S/C22H26N6O2/c1-15(2)10-11-23-21(29)9-8-20-24-25-22-19-14-18(26-28(19)13-12-27(20)22)16-4-6-17(30-3)7-5-16/h4-7,12-15H,8-11H2,1-3H3,(H,23,29). The van der Waals surface area contributed by atoms with Crippen molar-refractivity contribution in [3.8, 4) is 17.0 Å². The van der Waals surface area contributed by atoms with Crippen molar-refractivity contribution >= 4 is 17.1 Å². The fourth-order valence-corrected chi connectivity index (χ4v) is 3.35. The first kappa shape index (κ1) is 19.9. The molecule has 0 aliphatic heterocycles. The lowest BCUT2D eigenvalue weighted by Gasteiger charge is -2.06. The van der Waals surface area contributed by atoms with Crippen molar-refractivity contribution in [3.05, 3.63) is 48.5 Å². The summed E-state index contributed by atoms with van der Waals surface area (Å²) < 4.78 is 8.94. The Labute approximate surface area is 174 Å². The molecule has 8 heteroatoms. The molecule has 0 aliphatic carbocycles. The number of methoxy groups -OCH3 is 1. The molecule has 3 aromatic heterocycles. The minimum Gasteiger partial charge on any atom is -0.497 e. The summed E-state index contributed by atoms with van der Waals surface area (Å²) >= 11 is 0. The number of nitrogens with one attached hydrogen (secondary N) is 1. The zero-order valence-corrected chi connectivity index (χ0v) is 17.5. The third-order valence-electron chi connectivity index (χ3n) is 5.09. The van der Waals surface area contributed by atoms with Crippen LogP contribution in [0.2, 0.25) is 0 Å². The number of ether oxygens (including phenoxy) is 1. The summed E-state index contributed by atoms with van der Waals surface area (Å²) in [5.41, 5.74) is 3.43. The molecule has 1 amide bonds. The molecule has 0 atom stereocenters. The van der Waals surface area contributed by atoms with E-state index in [1.165, 1.54) is 0 Å². The van der Waals surface area contributed by atoms with Gasteiger partial charge in [-0.2, -0.15) is 5.10 Å². The Morgan fingerprint density at radius 1 is 1.17 bits per heavy atom. The maximum absolute atomic E-state index is 12.1. The molecule has 4 rings (SSSR count). The van der Waals surface area contributed by atoms with Gasteiger partial charge in [-0.15, -0.1) is 10.2 Å². The van der Waals surface area contributed by atoms with Crippen LogP contribution in [0.25, 0.3) is 22.4 Å². The molecule has 1 N–H and O–H groups in total. The first-order valence-electron chi connectivity index (χ1n) is 10.2. The van der Waals surface area contributed by atoms with Crippen LogP contribution >= 0.6 is 0 Å². The van der Waals surface area contributed by atoms with Crippen LogP contribution in [0.1, 0.15) is 32.5 Å². The quantitative estimate of drug-likeness (QED) is 0.486. The SMILES string of the molecule is COc1ccc(-c2cc3c4nnc(CCC(=O)NCCC(C)C)n4ccn3n2)cc1. The number of aryl methyl sites for hydroxylation is 1. The van der Waals surface area contributed by atoms with E-state index in [0.29, 0.717) is 25.3 Å². The Balaban J connectivity index is 1.52. The third-order valence-corrected chi connectivity index (χ3v) is 5.09. The molecule has 30 heavy (non-hydrogen) atoms. The van der Waals surface area contributed by atoms with Crippen LogP contribution < -0.4 is 10.1 Å². The fourth-order valence-electron chi connectivity index (χ4n) is 3.35. The molecule has 0 spiro atoms. The first-order valence-corrected chi connectivity index (χ1v) is 10.2. The van der Waals surface area contributed by atoms with Crippen LogP contribution in [0.4, 0.5) is 0 Å². The van der Waals surface area contributed by atoms with E-state index in [1.807, 2.05) is 47.1 Å². The molecule has 0 unspecified atom stereocenters. The summed E-state index contributed by atoms with van der Waals surface area (Å²) in [4.78, 5) is 12.1. The average molecular weight is 406 g/mol. The Bertz CT molecular complexity index is 1160. The highest BCUT2D eigenvalue weighted by Gasteiger charge is 2.13. The summed E-state index contributed by atoms with van der Waals surface area (Å²) in [7, 11) is 1.65. The fraction of sp³-hybridized carbons (Fsp3) is 0.364. The second kappa shape index (κ2) is 8.52. The lowest BCUT2D eigenvalue weighted by Crippen LogP contribution is -2.25. The minimum atomic E-state index is 0.0413. The summed E-state index contributed by atoms with van der Waals surface area (Å²) in [6.45, 7) is 5.00.